The predicted octanol–water partition coefficient (Wildman–Crippen LogP) is 4.79. The molecule has 0 spiro atoms. The minimum absolute atomic E-state index is 0.313. The van der Waals surface area contributed by atoms with Crippen molar-refractivity contribution >= 4 is 23.1 Å². The molecule has 21 heavy (non-hydrogen) atoms. The van der Waals surface area contributed by atoms with Crippen molar-refractivity contribution in [2.45, 2.75) is 26.7 Å². The fourth-order valence-electron chi connectivity index (χ4n) is 2.34. The molecule has 0 atom stereocenters. The van der Waals surface area contributed by atoms with Gasteiger partial charge in [-0.25, -0.2) is 4.98 Å². The average Bonchev–Trinajstić information content (AvgIpc) is 2.49. The highest BCUT2D eigenvalue weighted by Gasteiger charge is 2.10. The zero-order valence-corrected chi connectivity index (χ0v) is 13.2. The van der Waals surface area contributed by atoms with Gasteiger partial charge in [0.25, 0.3) is 0 Å². The topological polar surface area (TPSA) is 41.6 Å². The maximum atomic E-state index is 5.40. The van der Waals surface area contributed by atoms with E-state index >= 15 is 0 Å². The summed E-state index contributed by atoms with van der Waals surface area (Å²) >= 11 is 5.40. The van der Waals surface area contributed by atoms with Crippen LogP contribution < -0.4 is 0 Å². The Balaban J connectivity index is 2.24. The first kappa shape index (κ1) is 13.9. The van der Waals surface area contributed by atoms with E-state index in [1.54, 1.807) is 0 Å². The molecule has 0 aliphatic heterocycles. The summed E-state index contributed by atoms with van der Waals surface area (Å²) in [5.41, 5.74) is 4.17. The lowest BCUT2D eigenvalue weighted by molar-refractivity contribution is 0.770. The third kappa shape index (κ3) is 2.59. The van der Waals surface area contributed by atoms with Crippen LogP contribution >= 0.6 is 12.2 Å². The van der Waals surface area contributed by atoms with E-state index in [0.717, 1.165) is 33.5 Å². The third-order valence-electron chi connectivity index (χ3n) is 3.61. The molecule has 0 fully saturated rings. The molecule has 0 aliphatic carbocycles. The van der Waals surface area contributed by atoms with Crippen LogP contribution in [0.3, 0.4) is 0 Å². The van der Waals surface area contributed by atoms with Crippen LogP contribution in [-0.2, 0) is 0 Å². The smallest absolute Gasteiger partial charge is 0.133 e. The number of hydrogen-bond donors (Lipinski definition) is 1. The van der Waals surface area contributed by atoms with Gasteiger partial charge in [0.2, 0.25) is 0 Å². The molecule has 2 aromatic heterocycles. The first-order valence-corrected chi connectivity index (χ1v) is 7.43. The number of H-pyrrole nitrogens is 1. The third-order valence-corrected chi connectivity index (χ3v) is 4.01. The molecule has 0 radical (unpaired) electrons. The zero-order valence-electron chi connectivity index (χ0n) is 12.3. The van der Waals surface area contributed by atoms with Gasteiger partial charge in [-0.05, 0) is 30.7 Å². The molecule has 2 heterocycles. The Hall–Kier alpha value is -2.07. The molecule has 0 unspecified atom stereocenters. The van der Waals surface area contributed by atoms with Crippen LogP contribution in [0.25, 0.3) is 22.2 Å². The van der Waals surface area contributed by atoms with Crippen LogP contribution in [0.15, 0.2) is 36.5 Å². The van der Waals surface area contributed by atoms with Crippen molar-refractivity contribution in [1.29, 1.82) is 0 Å². The van der Waals surface area contributed by atoms with Crippen molar-refractivity contribution in [3.05, 3.63) is 52.6 Å². The number of aromatic nitrogens is 3. The van der Waals surface area contributed by atoms with Crippen LogP contribution in [0.5, 0.6) is 0 Å². The average molecular weight is 295 g/mol. The molecule has 0 bridgehead atoms. The molecule has 0 amide bonds. The van der Waals surface area contributed by atoms with Crippen LogP contribution in [0.1, 0.15) is 31.2 Å². The zero-order chi connectivity index (χ0) is 15.0. The number of aromatic amines is 1. The highest BCUT2D eigenvalue weighted by molar-refractivity contribution is 7.71. The second-order valence-corrected chi connectivity index (χ2v) is 5.88. The van der Waals surface area contributed by atoms with Gasteiger partial charge >= 0.3 is 0 Å². The van der Waals surface area contributed by atoms with E-state index in [9.17, 15) is 0 Å². The summed E-state index contributed by atoms with van der Waals surface area (Å²) in [6.07, 6.45) is 1.81. The lowest BCUT2D eigenvalue weighted by atomic mass is 10.0. The van der Waals surface area contributed by atoms with E-state index < -0.39 is 0 Å². The van der Waals surface area contributed by atoms with Crippen molar-refractivity contribution in [3.63, 3.8) is 0 Å². The lowest BCUT2D eigenvalue weighted by Crippen LogP contribution is -2.02. The van der Waals surface area contributed by atoms with Crippen LogP contribution in [0, 0.1) is 11.6 Å². The summed E-state index contributed by atoms with van der Waals surface area (Å²) in [5.74, 6) is 1.24. The fourth-order valence-corrected chi connectivity index (χ4v) is 2.54. The van der Waals surface area contributed by atoms with Gasteiger partial charge < -0.3 is 4.98 Å². The van der Waals surface area contributed by atoms with Gasteiger partial charge in [-0.2, -0.15) is 0 Å². The molecule has 1 N–H and O–H groups in total. The summed E-state index contributed by atoms with van der Waals surface area (Å²) in [5, 5.41) is 1.12. The number of hydrogen-bond acceptors (Lipinski definition) is 3. The maximum Gasteiger partial charge on any atom is 0.133 e. The molecule has 3 aromatic rings. The van der Waals surface area contributed by atoms with Gasteiger partial charge in [-0.15, -0.1) is 0 Å². The Morgan fingerprint density at radius 2 is 2.00 bits per heavy atom. The van der Waals surface area contributed by atoms with Gasteiger partial charge in [-0.3, -0.25) is 4.98 Å². The second kappa shape index (κ2) is 5.37. The summed E-state index contributed by atoms with van der Waals surface area (Å²) < 4.78 is 0.665. The Bertz CT molecular complexity index is 865. The first-order chi connectivity index (χ1) is 10.1. The number of benzene rings is 1. The Kier molecular flexibility index (Phi) is 3.55. The van der Waals surface area contributed by atoms with Crippen molar-refractivity contribution in [1.82, 2.24) is 15.0 Å². The van der Waals surface area contributed by atoms with Crippen LogP contribution in [0.2, 0.25) is 0 Å². The molecule has 0 saturated carbocycles. The SMILES string of the molecule is Cc1c(-c2ccc3ncccc3c2)[nH]c(C(C)C)nc1=S. The minimum Gasteiger partial charge on any atom is -0.343 e. The fraction of sp³-hybridized carbons (Fsp3) is 0.235. The molecule has 3 nitrogen and oxygen atoms in total. The van der Waals surface area contributed by atoms with Gasteiger partial charge in [0.05, 0.1) is 11.2 Å². The molecule has 4 heteroatoms. The highest BCUT2D eigenvalue weighted by Crippen LogP contribution is 2.26. The lowest BCUT2D eigenvalue weighted by Gasteiger charge is -2.12. The van der Waals surface area contributed by atoms with E-state index in [1.807, 2.05) is 25.3 Å². The monoisotopic (exact) mass is 295 g/mol. The molecule has 3 rings (SSSR count). The second-order valence-electron chi connectivity index (χ2n) is 5.49. The van der Waals surface area contributed by atoms with Crippen molar-refractivity contribution < 1.29 is 0 Å². The predicted molar refractivity (Wildman–Crippen MR) is 89.0 cm³/mol. The number of nitrogens with zero attached hydrogens (tertiary/aromatic N) is 2. The van der Waals surface area contributed by atoms with E-state index in [4.69, 9.17) is 12.2 Å². The molecule has 0 saturated heterocycles. The Morgan fingerprint density at radius 3 is 2.76 bits per heavy atom. The number of fused-ring (bicyclic) bond motifs is 1. The largest absolute Gasteiger partial charge is 0.343 e. The number of rotatable bonds is 2. The first-order valence-electron chi connectivity index (χ1n) is 7.02. The van der Waals surface area contributed by atoms with Gasteiger partial charge in [0.15, 0.2) is 0 Å². The maximum absolute atomic E-state index is 5.40. The van der Waals surface area contributed by atoms with Crippen LogP contribution in [0.4, 0.5) is 0 Å². The van der Waals surface area contributed by atoms with Crippen molar-refractivity contribution in [2.24, 2.45) is 0 Å². The molecule has 1 aromatic carbocycles. The quantitative estimate of drug-likeness (QED) is 0.691. The Morgan fingerprint density at radius 1 is 1.19 bits per heavy atom. The molecular formula is C17H17N3S. The van der Waals surface area contributed by atoms with E-state index in [2.05, 4.69) is 47.0 Å². The normalized spacial score (nSPS) is 11.2. The Labute approximate surface area is 129 Å². The molecule has 0 aliphatic rings. The number of nitrogens with one attached hydrogen (secondary N) is 1. The van der Waals surface area contributed by atoms with E-state index in [0.29, 0.717) is 10.6 Å². The standard InChI is InChI=1S/C17H17N3S/c1-10(2)16-19-15(11(3)17(21)20-16)13-6-7-14-12(9-13)5-4-8-18-14/h4-10H,1-3H3,(H,19,20,21). The molecular weight excluding hydrogens is 278 g/mol. The van der Waals surface area contributed by atoms with E-state index in [1.165, 1.54) is 0 Å². The summed E-state index contributed by atoms with van der Waals surface area (Å²) in [7, 11) is 0. The number of pyridine rings is 1. The highest BCUT2D eigenvalue weighted by atomic mass is 32.1. The summed E-state index contributed by atoms with van der Waals surface area (Å²) in [6, 6.07) is 10.3. The summed E-state index contributed by atoms with van der Waals surface area (Å²) in [6.45, 7) is 6.23. The van der Waals surface area contributed by atoms with Crippen LogP contribution in [-0.4, -0.2) is 15.0 Å². The van der Waals surface area contributed by atoms with Crippen molar-refractivity contribution in [3.8, 4) is 11.3 Å². The van der Waals surface area contributed by atoms with Gasteiger partial charge in [-0.1, -0.05) is 38.2 Å². The minimum atomic E-state index is 0.313. The van der Waals surface area contributed by atoms with Gasteiger partial charge in [0, 0.05) is 23.1 Å². The van der Waals surface area contributed by atoms with Crippen molar-refractivity contribution in [2.75, 3.05) is 0 Å². The molecule has 106 valence electrons. The van der Waals surface area contributed by atoms with E-state index in [-0.39, 0.29) is 0 Å². The van der Waals surface area contributed by atoms with Gasteiger partial charge in [0.1, 0.15) is 10.5 Å². The summed E-state index contributed by atoms with van der Waals surface area (Å²) in [4.78, 5) is 12.3.